The van der Waals surface area contributed by atoms with Gasteiger partial charge in [-0.3, -0.25) is 4.72 Å². The van der Waals surface area contributed by atoms with Gasteiger partial charge in [-0.1, -0.05) is 23.7 Å². The first kappa shape index (κ1) is 16.6. The summed E-state index contributed by atoms with van der Waals surface area (Å²) in [5.41, 5.74) is -1.07. The number of halogens is 4. The third-order valence-electron chi connectivity index (χ3n) is 2.92. The molecule has 0 radical (unpaired) electrons. The number of alkyl halides is 3. The summed E-state index contributed by atoms with van der Waals surface area (Å²) >= 11 is 5.81. The van der Waals surface area contributed by atoms with Crippen LogP contribution in [0.25, 0.3) is 0 Å². The zero-order chi connectivity index (χ0) is 16.5. The van der Waals surface area contributed by atoms with Crippen molar-refractivity contribution in [2.75, 3.05) is 4.72 Å². The van der Waals surface area contributed by atoms with Crippen molar-refractivity contribution < 1.29 is 21.6 Å². The first-order chi connectivity index (χ1) is 10.1. The predicted molar refractivity (Wildman–Crippen MR) is 78.4 cm³/mol. The Morgan fingerprint density at radius 1 is 1.09 bits per heavy atom. The van der Waals surface area contributed by atoms with Gasteiger partial charge in [0.1, 0.15) is 0 Å². The lowest BCUT2D eigenvalue weighted by atomic mass is 10.2. The van der Waals surface area contributed by atoms with E-state index in [9.17, 15) is 21.6 Å². The summed E-state index contributed by atoms with van der Waals surface area (Å²) in [6.45, 7) is 1.60. The molecule has 0 fully saturated rings. The van der Waals surface area contributed by atoms with E-state index in [-0.39, 0.29) is 4.90 Å². The SMILES string of the molecule is Cc1cc(S(=O)(=O)Nc2ccccc2C(F)(F)F)ccc1Cl. The second-order valence-electron chi connectivity index (χ2n) is 4.56. The van der Waals surface area contributed by atoms with Crippen molar-refractivity contribution in [3.8, 4) is 0 Å². The summed E-state index contributed by atoms with van der Waals surface area (Å²) in [4.78, 5) is -0.161. The van der Waals surface area contributed by atoms with Gasteiger partial charge < -0.3 is 0 Å². The second-order valence-corrected chi connectivity index (χ2v) is 6.65. The number of benzene rings is 2. The number of aryl methyl sites for hydroxylation is 1. The van der Waals surface area contributed by atoms with Gasteiger partial charge in [0.15, 0.2) is 0 Å². The molecular weight excluding hydrogens is 339 g/mol. The van der Waals surface area contributed by atoms with Crippen LogP contribution in [0.1, 0.15) is 11.1 Å². The van der Waals surface area contributed by atoms with Crippen LogP contribution in [0.15, 0.2) is 47.4 Å². The molecule has 118 valence electrons. The van der Waals surface area contributed by atoms with Crippen molar-refractivity contribution in [2.24, 2.45) is 0 Å². The van der Waals surface area contributed by atoms with Gasteiger partial charge >= 0.3 is 6.18 Å². The fourth-order valence-corrected chi connectivity index (χ4v) is 3.09. The molecule has 0 spiro atoms. The Bertz CT molecular complexity index is 804. The molecule has 1 N–H and O–H groups in total. The van der Waals surface area contributed by atoms with E-state index >= 15 is 0 Å². The van der Waals surface area contributed by atoms with Gasteiger partial charge in [-0.15, -0.1) is 0 Å². The molecule has 0 saturated carbocycles. The molecule has 8 heteroatoms. The minimum absolute atomic E-state index is 0.161. The Morgan fingerprint density at radius 3 is 2.32 bits per heavy atom. The van der Waals surface area contributed by atoms with Crippen LogP contribution >= 0.6 is 11.6 Å². The average molecular weight is 350 g/mol. The van der Waals surface area contributed by atoms with E-state index in [1.165, 1.54) is 30.3 Å². The van der Waals surface area contributed by atoms with E-state index in [1.54, 1.807) is 6.92 Å². The fraction of sp³-hybridized carbons (Fsp3) is 0.143. The van der Waals surface area contributed by atoms with Gasteiger partial charge in [-0.25, -0.2) is 8.42 Å². The van der Waals surface area contributed by atoms with Crippen LogP contribution in [-0.2, 0) is 16.2 Å². The van der Waals surface area contributed by atoms with Crippen molar-refractivity contribution in [1.82, 2.24) is 0 Å². The lowest BCUT2D eigenvalue weighted by Gasteiger charge is -2.15. The Morgan fingerprint density at radius 2 is 1.73 bits per heavy atom. The molecular formula is C14H11ClF3NO2S. The lowest BCUT2D eigenvalue weighted by molar-refractivity contribution is -0.136. The fourth-order valence-electron chi connectivity index (χ4n) is 1.81. The van der Waals surface area contributed by atoms with Gasteiger partial charge in [0.25, 0.3) is 10.0 Å². The van der Waals surface area contributed by atoms with Crippen LogP contribution in [0, 0.1) is 6.92 Å². The van der Waals surface area contributed by atoms with E-state index in [0.29, 0.717) is 10.6 Å². The Kier molecular flexibility index (Phi) is 4.39. The van der Waals surface area contributed by atoms with Crippen molar-refractivity contribution in [1.29, 1.82) is 0 Å². The molecule has 2 aromatic rings. The summed E-state index contributed by atoms with van der Waals surface area (Å²) in [5, 5.41) is 0.370. The summed E-state index contributed by atoms with van der Waals surface area (Å²) in [6.07, 6.45) is -4.66. The maximum atomic E-state index is 12.9. The molecule has 0 aliphatic rings. The summed E-state index contributed by atoms with van der Waals surface area (Å²) in [7, 11) is -4.14. The number of anilines is 1. The number of hydrogen-bond donors (Lipinski definition) is 1. The predicted octanol–water partition coefficient (Wildman–Crippen LogP) is 4.47. The van der Waals surface area contributed by atoms with Crippen LogP contribution in [0.3, 0.4) is 0 Å². The van der Waals surface area contributed by atoms with E-state index in [2.05, 4.69) is 0 Å². The van der Waals surface area contributed by atoms with Crippen LogP contribution < -0.4 is 4.72 Å². The number of sulfonamides is 1. The molecule has 0 unspecified atom stereocenters. The zero-order valence-electron chi connectivity index (χ0n) is 11.3. The first-order valence-electron chi connectivity index (χ1n) is 6.06. The molecule has 22 heavy (non-hydrogen) atoms. The molecule has 2 rings (SSSR count). The highest BCUT2D eigenvalue weighted by Gasteiger charge is 2.34. The van der Waals surface area contributed by atoms with Crippen molar-refractivity contribution >= 4 is 27.3 Å². The monoisotopic (exact) mass is 349 g/mol. The van der Waals surface area contributed by atoms with Crippen molar-refractivity contribution in [3.63, 3.8) is 0 Å². The maximum Gasteiger partial charge on any atom is 0.418 e. The molecule has 2 aromatic carbocycles. The molecule has 0 atom stereocenters. The Labute approximate surface area is 130 Å². The van der Waals surface area contributed by atoms with Crippen LogP contribution in [0.5, 0.6) is 0 Å². The van der Waals surface area contributed by atoms with Gasteiger partial charge in [-0.2, -0.15) is 13.2 Å². The van der Waals surface area contributed by atoms with E-state index in [1.807, 2.05) is 4.72 Å². The average Bonchev–Trinajstić information content (AvgIpc) is 2.40. The molecule has 0 saturated heterocycles. The highest BCUT2D eigenvalue weighted by Crippen LogP contribution is 2.35. The summed E-state index contributed by atoms with van der Waals surface area (Å²) < 4.78 is 65.1. The largest absolute Gasteiger partial charge is 0.418 e. The van der Waals surface area contributed by atoms with Gasteiger partial charge in [0.2, 0.25) is 0 Å². The van der Waals surface area contributed by atoms with E-state index in [4.69, 9.17) is 11.6 Å². The molecule has 0 aromatic heterocycles. The summed E-state index contributed by atoms with van der Waals surface area (Å²) in [5.74, 6) is 0. The summed E-state index contributed by atoms with van der Waals surface area (Å²) in [6, 6.07) is 8.28. The van der Waals surface area contributed by atoms with E-state index in [0.717, 1.165) is 12.1 Å². The van der Waals surface area contributed by atoms with Crippen molar-refractivity contribution in [3.05, 3.63) is 58.6 Å². The number of para-hydroxylation sites is 1. The maximum absolute atomic E-state index is 12.9. The molecule has 0 heterocycles. The quantitative estimate of drug-likeness (QED) is 0.888. The number of hydrogen-bond acceptors (Lipinski definition) is 2. The van der Waals surface area contributed by atoms with Crippen LogP contribution in [0.4, 0.5) is 18.9 Å². The van der Waals surface area contributed by atoms with Gasteiger partial charge in [-0.05, 0) is 42.8 Å². The zero-order valence-corrected chi connectivity index (χ0v) is 12.9. The van der Waals surface area contributed by atoms with E-state index < -0.39 is 27.5 Å². The third kappa shape index (κ3) is 3.53. The van der Waals surface area contributed by atoms with Gasteiger partial charge in [0.05, 0.1) is 16.1 Å². The molecule has 0 bridgehead atoms. The number of rotatable bonds is 3. The molecule has 0 aliphatic carbocycles. The Hall–Kier alpha value is -1.73. The normalized spacial score (nSPS) is 12.2. The highest BCUT2D eigenvalue weighted by molar-refractivity contribution is 7.92. The topological polar surface area (TPSA) is 46.2 Å². The number of nitrogens with one attached hydrogen (secondary N) is 1. The molecule has 0 amide bonds. The minimum Gasteiger partial charge on any atom is -0.279 e. The smallest absolute Gasteiger partial charge is 0.279 e. The minimum atomic E-state index is -4.66. The molecule has 0 aliphatic heterocycles. The molecule has 3 nitrogen and oxygen atoms in total. The second kappa shape index (κ2) is 5.81. The highest BCUT2D eigenvalue weighted by atomic mass is 35.5. The lowest BCUT2D eigenvalue weighted by Crippen LogP contribution is -2.17. The van der Waals surface area contributed by atoms with Crippen LogP contribution in [-0.4, -0.2) is 8.42 Å². The standard InChI is InChI=1S/C14H11ClF3NO2S/c1-9-8-10(6-7-12(9)15)22(20,21)19-13-5-3-2-4-11(13)14(16,17)18/h2-8,19H,1H3. The van der Waals surface area contributed by atoms with Gasteiger partial charge in [0, 0.05) is 5.02 Å². The Balaban J connectivity index is 2.44. The third-order valence-corrected chi connectivity index (χ3v) is 4.70. The van der Waals surface area contributed by atoms with Crippen molar-refractivity contribution in [2.45, 2.75) is 18.0 Å². The first-order valence-corrected chi connectivity index (χ1v) is 7.92. The van der Waals surface area contributed by atoms with Crippen LogP contribution in [0.2, 0.25) is 5.02 Å².